The smallest absolute Gasteiger partial charge is 0.161 e. The normalized spacial score (nSPS) is 15.1. The summed E-state index contributed by atoms with van der Waals surface area (Å²) in [6.07, 6.45) is 2.64. The second-order valence-corrected chi connectivity index (χ2v) is 5.38. The van der Waals surface area contributed by atoms with Gasteiger partial charge in [-0.3, -0.25) is 0 Å². The molecule has 1 aromatic carbocycles. The third-order valence-electron chi connectivity index (χ3n) is 3.38. The molecule has 5 heteroatoms. The lowest BCUT2D eigenvalue weighted by atomic mass is 10.1. The van der Waals surface area contributed by atoms with Crippen LogP contribution in [0.5, 0.6) is 11.5 Å². The van der Waals surface area contributed by atoms with E-state index in [0.717, 1.165) is 29.2 Å². The molecular weight excluding hydrogens is 288 g/mol. The number of hydrogen-bond acceptors (Lipinski definition) is 4. The SMILES string of the molecule is CC(Nc1ccc(Cl)nc1)c1ccc2c(c1)OCCCO2. The van der Waals surface area contributed by atoms with Crippen molar-refractivity contribution in [3.63, 3.8) is 0 Å². The van der Waals surface area contributed by atoms with Crippen LogP contribution in [0.3, 0.4) is 0 Å². The highest BCUT2D eigenvalue weighted by atomic mass is 35.5. The van der Waals surface area contributed by atoms with E-state index >= 15 is 0 Å². The van der Waals surface area contributed by atoms with Gasteiger partial charge < -0.3 is 14.8 Å². The Balaban J connectivity index is 1.76. The molecule has 0 fully saturated rings. The Morgan fingerprint density at radius 2 is 1.95 bits per heavy atom. The molecule has 1 unspecified atom stereocenters. The summed E-state index contributed by atoms with van der Waals surface area (Å²) in [6.45, 7) is 3.49. The summed E-state index contributed by atoms with van der Waals surface area (Å²) in [5.41, 5.74) is 2.06. The zero-order valence-electron chi connectivity index (χ0n) is 11.8. The fraction of sp³-hybridized carbons (Fsp3) is 0.312. The highest BCUT2D eigenvalue weighted by Gasteiger charge is 2.13. The van der Waals surface area contributed by atoms with Gasteiger partial charge in [0.05, 0.1) is 25.1 Å². The Morgan fingerprint density at radius 3 is 2.71 bits per heavy atom. The molecule has 0 bridgehead atoms. The summed E-state index contributed by atoms with van der Waals surface area (Å²) in [5, 5.41) is 3.88. The molecule has 2 aromatic rings. The van der Waals surface area contributed by atoms with E-state index in [4.69, 9.17) is 21.1 Å². The van der Waals surface area contributed by atoms with Gasteiger partial charge in [-0.2, -0.15) is 0 Å². The highest BCUT2D eigenvalue weighted by Crippen LogP contribution is 2.33. The molecule has 0 aliphatic carbocycles. The summed E-state index contributed by atoms with van der Waals surface area (Å²) in [4.78, 5) is 4.07. The van der Waals surface area contributed by atoms with E-state index in [1.807, 2.05) is 18.2 Å². The van der Waals surface area contributed by atoms with Crippen LogP contribution in [0.4, 0.5) is 5.69 Å². The van der Waals surface area contributed by atoms with Gasteiger partial charge in [0, 0.05) is 12.5 Å². The number of halogens is 1. The van der Waals surface area contributed by atoms with Gasteiger partial charge in [-0.05, 0) is 36.8 Å². The Morgan fingerprint density at radius 1 is 1.14 bits per heavy atom. The number of aromatic nitrogens is 1. The zero-order valence-corrected chi connectivity index (χ0v) is 12.6. The van der Waals surface area contributed by atoms with E-state index in [1.165, 1.54) is 0 Å². The van der Waals surface area contributed by atoms with E-state index in [9.17, 15) is 0 Å². The van der Waals surface area contributed by atoms with Crippen molar-refractivity contribution in [2.75, 3.05) is 18.5 Å². The number of benzene rings is 1. The molecule has 110 valence electrons. The molecule has 0 radical (unpaired) electrons. The number of ether oxygens (including phenoxy) is 2. The molecule has 1 aliphatic heterocycles. The second kappa shape index (κ2) is 6.22. The fourth-order valence-electron chi connectivity index (χ4n) is 2.24. The van der Waals surface area contributed by atoms with E-state index in [1.54, 1.807) is 12.3 Å². The first-order valence-electron chi connectivity index (χ1n) is 7.00. The maximum Gasteiger partial charge on any atom is 0.161 e. The van der Waals surface area contributed by atoms with Crippen molar-refractivity contribution in [3.05, 3.63) is 47.2 Å². The lowest BCUT2D eigenvalue weighted by Gasteiger charge is -2.17. The van der Waals surface area contributed by atoms with Crippen molar-refractivity contribution in [2.45, 2.75) is 19.4 Å². The molecule has 4 nitrogen and oxygen atoms in total. The van der Waals surface area contributed by atoms with Crippen LogP contribution in [0.15, 0.2) is 36.5 Å². The van der Waals surface area contributed by atoms with E-state index in [0.29, 0.717) is 18.4 Å². The van der Waals surface area contributed by atoms with Crippen molar-refractivity contribution in [3.8, 4) is 11.5 Å². The van der Waals surface area contributed by atoms with Gasteiger partial charge in [-0.15, -0.1) is 0 Å². The van der Waals surface area contributed by atoms with Gasteiger partial charge in [0.15, 0.2) is 11.5 Å². The van der Waals surface area contributed by atoms with Crippen LogP contribution in [0.25, 0.3) is 0 Å². The first-order valence-corrected chi connectivity index (χ1v) is 7.38. The lowest BCUT2D eigenvalue weighted by Crippen LogP contribution is -2.07. The monoisotopic (exact) mass is 304 g/mol. The highest BCUT2D eigenvalue weighted by molar-refractivity contribution is 6.29. The molecule has 0 saturated carbocycles. The predicted octanol–water partition coefficient (Wildman–Crippen LogP) is 4.07. The average Bonchev–Trinajstić information content (AvgIpc) is 2.74. The van der Waals surface area contributed by atoms with Crippen LogP contribution in [-0.4, -0.2) is 18.2 Å². The van der Waals surface area contributed by atoms with E-state index in [-0.39, 0.29) is 6.04 Å². The fourth-order valence-corrected chi connectivity index (χ4v) is 2.36. The summed E-state index contributed by atoms with van der Waals surface area (Å²) in [6, 6.07) is 9.86. The minimum Gasteiger partial charge on any atom is -0.490 e. The van der Waals surface area contributed by atoms with Crippen LogP contribution >= 0.6 is 11.6 Å². The lowest BCUT2D eigenvalue weighted by molar-refractivity contribution is 0.297. The van der Waals surface area contributed by atoms with Crippen molar-refractivity contribution >= 4 is 17.3 Å². The number of nitrogens with zero attached hydrogens (tertiary/aromatic N) is 1. The van der Waals surface area contributed by atoms with Gasteiger partial charge in [0.2, 0.25) is 0 Å². The summed E-state index contributed by atoms with van der Waals surface area (Å²) in [7, 11) is 0. The number of pyridine rings is 1. The van der Waals surface area contributed by atoms with Gasteiger partial charge in [-0.1, -0.05) is 17.7 Å². The largest absolute Gasteiger partial charge is 0.490 e. The summed E-state index contributed by atoms with van der Waals surface area (Å²) >= 11 is 5.79. The molecule has 21 heavy (non-hydrogen) atoms. The van der Waals surface area contributed by atoms with Gasteiger partial charge in [0.25, 0.3) is 0 Å². The first-order chi connectivity index (χ1) is 10.2. The van der Waals surface area contributed by atoms with Crippen molar-refractivity contribution in [1.29, 1.82) is 0 Å². The average molecular weight is 305 g/mol. The van der Waals surface area contributed by atoms with Crippen molar-refractivity contribution < 1.29 is 9.47 Å². The Labute approximate surface area is 129 Å². The number of rotatable bonds is 3. The third-order valence-corrected chi connectivity index (χ3v) is 3.61. The summed E-state index contributed by atoms with van der Waals surface area (Å²) < 4.78 is 11.4. The van der Waals surface area contributed by atoms with E-state index < -0.39 is 0 Å². The molecular formula is C16H17ClN2O2. The molecule has 3 rings (SSSR count). The third kappa shape index (κ3) is 3.39. The van der Waals surface area contributed by atoms with Gasteiger partial charge in [-0.25, -0.2) is 4.98 Å². The van der Waals surface area contributed by atoms with Gasteiger partial charge in [0.1, 0.15) is 5.15 Å². The number of nitrogens with one attached hydrogen (secondary N) is 1. The Bertz CT molecular complexity index is 616. The van der Waals surface area contributed by atoms with Crippen LogP contribution < -0.4 is 14.8 Å². The molecule has 1 N–H and O–H groups in total. The number of fused-ring (bicyclic) bond motifs is 1. The molecule has 2 heterocycles. The summed E-state index contributed by atoms with van der Waals surface area (Å²) in [5.74, 6) is 1.63. The Kier molecular flexibility index (Phi) is 4.15. The predicted molar refractivity (Wildman–Crippen MR) is 83.3 cm³/mol. The molecule has 0 saturated heterocycles. The molecule has 1 aliphatic rings. The quantitative estimate of drug-likeness (QED) is 0.868. The number of anilines is 1. The van der Waals surface area contributed by atoms with Crippen molar-refractivity contribution in [1.82, 2.24) is 4.98 Å². The minimum atomic E-state index is 0.130. The maximum atomic E-state index is 5.79. The second-order valence-electron chi connectivity index (χ2n) is 4.99. The molecule has 0 amide bonds. The maximum absolute atomic E-state index is 5.79. The van der Waals surface area contributed by atoms with Gasteiger partial charge >= 0.3 is 0 Å². The van der Waals surface area contributed by atoms with E-state index in [2.05, 4.69) is 23.3 Å². The Hall–Kier alpha value is -1.94. The van der Waals surface area contributed by atoms with Crippen LogP contribution in [-0.2, 0) is 0 Å². The first kappa shape index (κ1) is 14.0. The molecule has 1 atom stereocenters. The standard InChI is InChI=1S/C16H17ClN2O2/c1-11(19-13-4-6-16(17)18-10-13)12-3-5-14-15(9-12)21-8-2-7-20-14/h3-6,9-11,19H,2,7-8H2,1H3. The number of hydrogen-bond donors (Lipinski definition) is 1. The topological polar surface area (TPSA) is 43.4 Å². The van der Waals surface area contributed by atoms with Crippen molar-refractivity contribution in [2.24, 2.45) is 0 Å². The minimum absolute atomic E-state index is 0.130. The zero-order chi connectivity index (χ0) is 14.7. The van der Waals surface area contributed by atoms with Crippen LogP contribution in [0.2, 0.25) is 5.15 Å². The van der Waals surface area contributed by atoms with Crippen LogP contribution in [0.1, 0.15) is 24.9 Å². The molecule has 0 spiro atoms. The molecule has 1 aromatic heterocycles. The van der Waals surface area contributed by atoms with Crippen LogP contribution in [0, 0.1) is 0 Å².